The summed E-state index contributed by atoms with van der Waals surface area (Å²) in [6.45, 7) is 9.48. The third-order valence-corrected chi connectivity index (χ3v) is 6.88. The summed E-state index contributed by atoms with van der Waals surface area (Å²) < 4.78 is 13.1. The van der Waals surface area contributed by atoms with Crippen LogP contribution in [0.15, 0.2) is 30.3 Å². The van der Waals surface area contributed by atoms with E-state index in [9.17, 15) is 4.39 Å². The molecule has 2 atom stereocenters. The van der Waals surface area contributed by atoms with Crippen molar-refractivity contribution in [1.29, 1.82) is 0 Å². The molecule has 0 radical (unpaired) electrons. The number of benzene rings is 1. The second-order valence-electron chi connectivity index (χ2n) is 9.92. The smallest absolute Gasteiger partial charge is 0.232 e. The van der Waals surface area contributed by atoms with Crippen LogP contribution in [0.5, 0.6) is 0 Å². The number of nitrogens with one attached hydrogen (secondary N) is 2. The van der Waals surface area contributed by atoms with E-state index in [0.717, 1.165) is 62.8 Å². The van der Waals surface area contributed by atoms with Crippen molar-refractivity contribution in [2.45, 2.75) is 52.4 Å². The molecule has 1 aromatic carbocycles. The molecule has 0 spiro atoms. The number of thiocarbonyl (C=S) groups is 1. The topological polar surface area (TPSA) is 56.3 Å². The van der Waals surface area contributed by atoms with Gasteiger partial charge in [-0.1, -0.05) is 26.0 Å². The summed E-state index contributed by atoms with van der Waals surface area (Å²) in [5, 5.41) is 7.02. The number of hydrogen-bond donors (Lipinski definition) is 2. The zero-order chi connectivity index (χ0) is 23.9. The van der Waals surface area contributed by atoms with E-state index in [0.29, 0.717) is 22.9 Å². The summed E-state index contributed by atoms with van der Waals surface area (Å²) in [5.74, 6) is 3.62. The first-order chi connectivity index (χ1) is 16.5. The van der Waals surface area contributed by atoms with Crippen molar-refractivity contribution in [1.82, 2.24) is 15.3 Å². The van der Waals surface area contributed by atoms with E-state index >= 15 is 0 Å². The number of halogens is 1. The molecular formula is C26H37FN6S. The Morgan fingerprint density at radius 1 is 1.00 bits per heavy atom. The molecule has 2 saturated heterocycles. The predicted molar refractivity (Wildman–Crippen MR) is 142 cm³/mol. The molecule has 184 valence electrons. The van der Waals surface area contributed by atoms with Crippen molar-refractivity contribution >= 4 is 34.9 Å². The van der Waals surface area contributed by atoms with Crippen molar-refractivity contribution in [3.63, 3.8) is 0 Å². The van der Waals surface area contributed by atoms with Crippen molar-refractivity contribution in [2.24, 2.45) is 11.8 Å². The molecule has 0 aliphatic carbocycles. The van der Waals surface area contributed by atoms with Gasteiger partial charge in [-0.3, -0.25) is 0 Å². The fourth-order valence-corrected chi connectivity index (χ4v) is 5.26. The van der Waals surface area contributed by atoms with E-state index in [2.05, 4.69) is 40.3 Å². The van der Waals surface area contributed by atoms with E-state index in [-0.39, 0.29) is 5.82 Å². The third-order valence-electron chi connectivity index (χ3n) is 6.64. The second kappa shape index (κ2) is 11.8. The van der Waals surface area contributed by atoms with Crippen molar-refractivity contribution in [3.8, 4) is 0 Å². The molecule has 2 fully saturated rings. The largest absolute Gasteiger partial charge is 0.362 e. The van der Waals surface area contributed by atoms with E-state index in [4.69, 9.17) is 22.2 Å². The van der Waals surface area contributed by atoms with Crippen LogP contribution < -0.4 is 20.4 Å². The van der Waals surface area contributed by atoms with Crippen molar-refractivity contribution in [2.75, 3.05) is 47.8 Å². The highest BCUT2D eigenvalue weighted by Gasteiger charge is 2.25. The first kappa shape index (κ1) is 24.6. The molecule has 0 bridgehead atoms. The van der Waals surface area contributed by atoms with Gasteiger partial charge >= 0.3 is 0 Å². The maximum Gasteiger partial charge on any atom is 0.232 e. The van der Waals surface area contributed by atoms with E-state index in [1.165, 1.54) is 37.8 Å². The normalized spacial score (nSPS) is 20.8. The third kappa shape index (κ3) is 7.01. The van der Waals surface area contributed by atoms with Crippen molar-refractivity contribution in [3.05, 3.63) is 41.7 Å². The van der Waals surface area contributed by atoms with Crippen LogP contribution in [0.1, 0.15) is 51.5 Å². The Balaban J connectivity index is 1.39. The Morgan fingerprint density at radius 2 is 1.65 bits per heavy atom. The van der Waals surface area contributed by atoms with Crippen LogP contribution in [-0.4, -0.2) is 47.8 Å². The monoisotopic (exact) mass is 484 g/mol. The predicted octanol–water partition coefficient (Wildman–Crippen LogP) is 5.01. The molecule has 2 aliphatic rings. The molecule has 6 nitrogen and oxygen atoms in total. The number of anilines is 3. The molecule has 0 saturated carbocycles. The van der Waals surface area contributed by atoms with E-state index < -0.39 is 0 Å². The summed E-state index contributed by atoms with van der Waals surface area (Å²) in [6, 6.07) is 8.82. The lowest BCUT2D eigenvalue weighted by Crippen LogP contribution is -2.40. The van der Waals surface area contributed by atoms with Gasteiger partial charge in [0.2, 0.25) is 5.95 Å². The Hall–Kier alpha value is -2.48. The van der Waals surface area contributed by atoms with Gasteiger partial charge in [-0.2, -0.15) is 9.97 Å². The van der Waals surface area contributed by atoms with Gasteiger partial charge in [0.1, 0.15) is 17.5 Å². The van der Waals surface area contributed by atoms with Gasteiger partial charge < -0.3 is 20.4 Å². The van der Waals surface area contributed by atoms with Crippen LogP contribution in [0.2, 0.25) is 0 Å². The molecule has 4 rings (SSSR count). The average molecular weight is 485 g/mol. The molecule has 3 heterocycles. The lowest BCUT2D eigenvalue weighted by Gasteiger charge is -2.36. The molecule has 2 aliphatic heterocycles. The Labute approximate surface area is 208 Å². The SMILES string of the molecule is C[C@@H]1C[C@H](C)CN(c2cc(N3CCCCC3)nc(NC(=S)NCCCc3ccc(F)cc3)n2)C1. The van der Waals surface area contributed by atoms with Gasteiger partial charge in [0.05, 0.1) is 0 Å². The molecule has 1 aromatic heterocycles. The molecule has 8 heteroatoms. The molecule has 34 heavy (non-hydrogen) atoms. The minimum Gasteiger partial charge on any atom is -0.362 e. The van der Waals surface area contributed by atoms with Gasteiger partial charge in [-0.05, 0) is 80.3 Å². The Kier molecular flexibility index (Phi) is 8.53. The molecule has 2 aromatic rings. The number of aryl methyl sites for hydroxylation is 1. The zero-order valence-electron chi connectivity index (χ0n) is 20.4. The van der Waals surface area contributed by atoms with E-state index in [1.54, 1.807) is 0 Å². The van der Waals surface area contributed by atoms with Gasteiger partial charge in [0.15, 0.2) is 5.11 Å². The summed E-state index contributed by atoms with van der Waals surface area (Å²) in [6.07, 6.45) is 6.72. The maximum atomic E-state index is 13.1. The number of piperidine rings is 2. The second-order valence-corrected chi connectivity index (χ2v) is 10.3. The molecule has 0 amide bonds. The summed E-state index contributed by atoms with van der Waals surface area (Å²) in [7, 11) is 0. The minimum atomic E-state index is -0.202. The average Bonchev–Trinajstić information content (AvgIpc) is 2.83. The van der Waals surface area contributed by atoms with Crippen LogP contribution in [0, 0.1) is 17.7 Å². The van der Waals surface area contributed by atoms with Gasteiger partial charge in [0.25, 0.3) is 0 Å². The Bertz CT molecular complexity index is 937. The summed E-state index contributed by atoms with van der Waals surface area (Å²) in [4.78, 5) is 14.5. The van der Waals surface area contributed by atoms with Crippen LogP contribution in [0.25, 0.3) is 0 Å². The molecule has 2 N–H and O–H groups in total. The highest BCUT2D eigenvalue weighted by molar-refractivity contribution is 7.80. The quantitative estimate of drug-likeness (QED) is 0.423. The fraction of sp³-hybridized carbons (Fsp3) is 0.577. The van der Waals surface area contributed by atoms with Crippen LogP contribution >= 0.6 is 12.2 Å². The van der Waals surface area contributed by atoms with Crippen LogP contribution in [0.4, 0.5) is 22.0 Å². The fourth-order valence-electron chi connectivity index (χ4n) is 5.07. The number of rotatable bonds is 7. The van der Waals surface area contributed by atoms with Crippen molar-refractivity contribution < 1.29 is 4.39 Å². The summed E-state index contributed by atoms with van der Waals surface area (Å²) in [5.41, 5.74) is 1.12. The maximum absolute atomic E-state index is 13.1. The lowest BCUT2D eigenvalue weighted by molar-refractivity contribution is 0.355. The van der Waals surface area contributed by atoms with E-state index in [1.807, 2.05) is 12.1 Å². The van der Waals surface area contributed by atoms with Crippen LogP contribution in [0.3, 0.4) is 0 Å². The first-order valence-corrected chi connectivity index (χ1v) is 13.1. The van der Waals surface area contributed by atoms with Crippen LogP contribution in [-0.2, 0) is 6.42 Å². The summed E-state index contributed by atoms with van der Waals surface area (Å²) >= 11 is 5.54. The van der Waals surface area contributed by atoms with Gasteiger partial charge in [-0.15, -0.1) is 0 Å². The number of aromatic nitrogens is 2. The lowest BCUT2D eigenvalue weighted by atomic mass is 9.92. The number of hydrogen-bond acceptors (Lipinski definition) is 5. The molecule has 0 unspecified atom stereocenters. The highest BCUT2D eigenvalue weighted by atomic mass is 32.1. The van der Waals surface area contributed by atoms with Gasteiger partial charge in [0, 0.05) is 38.8 Å². The molecular weight excluding hydrogens is 447 g/mol. The zero-order valence-corrected chi connectivity index (χ0v) is 21.2. The van der Waals surface area contributed by atoms with Gasteiger partial charge in [-0.25, -0.2) is 4.39 Å². The first-order valence-electron chi connectivity index (χ1n) is 12.6. The Morgan fingerprint density at radius 3 is 2.32 bits per heavy atom. The number of nitrogens with zero attached hydrogens (tertiary/aromatic N) is 4. The minimum absolute atomic E-state index is 0.202. The standard InChI is InChI=1S/C26H37FN6S/c1-19-15-20(2)18-33(17-19)24-16-23(32-13-4-3-5-14-32)29-25(30-24)31-26(34)28-12-6-7-21-8-10-22(27)11-9-21/h8-11,16,19-20H,3-7,12-15,17-18H2,1-2H3,(H2,28,29,30,31,34)/t19-,20+. The highest BCUT2D eigenvalue weighted by Crippen LogP contribution is 2.29.